The Kier molecular flexibility index (Phi) is 4.43. The minimum Gasteiger partial charge on any atom is -0.308 e. The van der Waals surface area contributed by atoms with Crippen molar-refractivity contribution in [2.24, 2.45) is 0 Å². The highest BCUT2D eigenvalue weighted by atomic mass is 35.5. The standard InChI is InChI=1S/C12H18ClN/c1-4-9(2)14-10(3)11-5-7-12(13)8-6-11/h5-10,14H,4H2,1-3H3/t9-,10-/m0/s1. The SMILES string of the molecule is CC[C@H](C)N[C@@H](C)c1ccc(Cl)cc1. The van der Waals surface area contributed by atoms with Gasteiger partial charge in [0.05, 0.1) is 0 Å². The molecule has 0 aromatic heterocycles. The summed E-state index contributed by atoms with van der Waals surface area (Å²) < 4.78 is 0. The monoisotopic (exact) mass is 211 g/mol. The molecule has 0 amide bonds. The summed E-state index contributed by atoms with van der Waals surface area (Å²) in [6.45, 7) is 6.56. The lowest BCUT2D eigenvalue weighted by Gasteiger charge is -2.19. The Morgan fingerprint density at radius 1 is 1.21 bits per heavy atom. The van der Waals surface area contributed by atoms with Gasteiger partial charge in [-0.25, -0.2) is 0 Å². The van der Waals surface area contributed by atoms with Crippen molar-refractivity contribution in [1.82, 2.24) is 5.32 Å². The van der Waals surface area contributed by atoms with Crippen molar-refractivity contribution in [2.75, 3.05) is 0 Å². The Morgan fingerprint density at radius 3 is 2.29 bits per heavy atom. The van der Waals surface area contributed by atoms with E-state index in [0.717, 1.165) is 11.4 Å². The molecule has 0 spiro atoms. The Bertz CT molecular complexity index is 268. The van der Waals surface area contributed by atoms with Crippen LogP contribution < -0.4 is 5.32 Å². The Labute approximate surface area is 91.5 Å². The first-order valence-electron chi connectivity index (χ1n) is 5.15. The second kappa shape index (κ2) is 5.38. The maximum absolute atomic E-state index is 5.83. The number of hydrogen-bond acceptors (Lipinski definition) is 1. The molecule has 0 fully saturated rings. The molecule has 2 atom stereocenters. The van der Waals surface area contributed by atoms with Crippen LogP contribution in [0.3, 0.4) is 0 Å². The number of halogens is 1. The summed E-state index contributed by atoms with van der Waals surface area (Å²) >= 11 is 5.83. The Morgan fingerprint density at radius 2 is 1.79 bits per heavy atom. The van der Waals surface area contributed by atoms with Gasteiger partial charge in [-0.2, -0.15) is 0 Å². The quantitative estimate of drug-likeness (QED) is 0.799. The van der Waals surface area contributed by atoms with Crippen molar-refractivity contribution in [3.05, 3.63) is 34.9 Å². The van der Waals surface area contributed by atoms with Crippen LogP contribution in [0.2, 0.25) is 5.02 Å². The van der Waals surface area contributed by atoms with E-state index < -0.39 is 0 Å². The van der Waals surface area contributed by atoms with E-state index in [-0.39, 0.29) is 0 Å². The van der Waals surface area contributed by atoms with Crippen molar-refractivity contribution >= 4 is 11.6 Å². The molecule has 0 aliphatic heterocycles. The van der Waals surface area contributed by atoms with Crippen LogP contribution in [0, 0.1) is 0 Å². The Hall–Kier alpha value is -0.530. The van der Waals surface area contributed by atoms with E-state index in [2.05, 4.69) is 38.2 Å². The lowest BCUT2D eigenvalue weighted by molar-refractivity contribution is 0.469. The maximum atomic E-state index is 5.83. The highest BCUT2D eigenvalue weighted by molar-refractivity contribution is 6.30. The normalized spacial score (nSPS) is 15.1. The summed E-state index contributed by atoms with van der Waals surface area (Å²) in [7, 11) is 0. The molecule has 78 valence electrons. The maximum Gasteiger partial charge on any atom is 0.0406 e. The fourth-order valence-electron chi connectivity index (χ4n) is 1.39. The molecule has 0 saturated carbocycles. The number of nitrogens with one attached hydrogen (secondary N) is 1. The molecular formula is C12H18ClN. The van der Waals surface area contributed by atoms with Crippen molar-refractivity contribution < 1.29 is 0 Å². The van der Waals surface area contributed by atoms with Gasteiger partial charge in [-0.3, -0.25) is 0 Å². The van der Waals surface area contributed by atoms with Crippen LogP contribution in [0.5, 0.6) is 0 Å². The lowest BCUT2D eigenvalue weighted by atomic mass is 10.1. The van der Waals surface area contributed by atoms with Crippen LogP contribution in [0.4, 0.5) is 0 Å². The van der Waals surface area contributed by atoms with Crippen LogP contribution in [0.1, 0.15) is 38.8 Å². The van der Waals surface area contributed by atoms with Crippen LogP contribution >= 0.6 is 11.6 Å². The third-order valence-corrected chi connectivity index (χ3v) is 2.77. The van der Waals surface area contributed by atoms with E-state index in [1.165, 1.54) is 5.56 Å². The molecular weight excluding hydrogens is 194 g/mol. The minimum absolute atomic E-state index is 0.391. The summed E-state index contributed by atoms with van der Waals surface area (Å²) in [5.41, 5.74) is 1.29. The van der Waals surface area contributed by atoms with E-state index in [9.17, 15) is 0 Å². The molecule has 0 heterocycles. The third kappa shape index (κ3) is 3.32. The largest absolute Gasteiger partial charge is 0.308 e. The number of hydrogen-bond donors (Lipinski definition) is 1. The van der Waals surface area contributed by atoms with E-state index in [4.69, 9.17) is 11.6 Å². The minimum atomic E-state index is 0.391. The van der Waals surface area contributed by atoms with Gasteiger partial charge in [0.25, 0.3) is 0 Å². The van der Waals surface area contributed by atoms with Crippen LogP contribution in [0.25, 0.3) is 0 Å². The predicted molar refractivity (Wildman–Crippen MR) is 62.8 cm³/mol. The summed E-state index contributed by atoms with van der Waals surface area (Å²) in [6.07, 6.45) is 1.15. The van der Waals surface area contributed by atoms with Gasteiger partial charge >= 0.3 is 0 Å². The van der Waals surface area contributed by atoms with Crippen molar-refractivity contribution in [3.63, 3.8) is 0 Å². The molecule has 0 bridgehead atoms. The van der Waals surface area contributed by atoms with Gasteiger partial charge in [0.2, 0.25) is 0 Å². The summed E-state index contributed by atoms with van der Waals surface area (Å²) in [4.78, 5) is 0. The molecule has 1 aromatic carbocycles. The summed E-state index contributed by atoms with van der Waals surface area (Å²) in [5, 5.41) is 4.32. The molecule has 0 radical (unpaired) electrons. The highest BCUT2D eigenvalue weighted by Crippen LogP contribution is 2.16. The molecule has 14 heavy (non-hydrogen) atoms. The van der Waals surface area contributed by atoms with Gasteiger partial charge in [-0.1, -0.05) is 30.7 Å². The fraction of sp³-hybridized carbons (Fsp3) is 0.500. The Balaban J connectivity index is 2.60. The third-order valence-electron chi connectivity index (χ3n) is 2.52. The van der Waals surface area contributed by atoms with Gasteiger partial charge in [0.1, 0.15) is 0 Å². The van der Waals surface area contributed by atoms with Crippen LogP contribution in [0.15, 0.2) is 24.3 Å². The van der Waals surface area contributed by atoms with Gasteiger partial charge in [0.15, 0.2) is 0 Å². The van der Waals surface area contributed by atoms with E-state index in [1.54, 1.807) is 0 Å². The average molecular weight is 212 g/mol. The number of benzene rings is 1. The second-order valence-electron chi connectivity index (χ2n) is 3.75. The molecule has 0 unspecified atom stereocenters. The van der Waals surface area contributed by atoms with Gasteiger partial charge in [-0.05, 0) is 38.0 Å². The summed E-state index contributed by atoms with van der Waals surface area (Å²) in [6, 6.07) is 8.96. The zero-order valence-electron chi connectivity index (χ0n) is 9.05. The number of rotatable bonds is 4. The van der Waals surface area contributed by atoms with Gasteiger partial charge in [-0.15, -0.1) is 0 Å². The van der Waals surface area contributed by atoms with E-state index in [0.29, 0.717) is 12.1 Å². The molecule has 1 aromatic rings. The van der Waals surface area contributed by atoms with Crippen molar-refractivity contribution in [2.45, 2.75) is 39.3 Å². The lowest BCUT2D eigenvalue weighted by Crippen LogP contribution is -2.28. The first kappa shape index (κ1) is 11.5. The smallest absolute Gasteiger partial charge is 0.0406 e. The highest BCUT2D eigenvalue weighted by Gasteiger charge is 2.07. The zero-order chi connectivity index (χ0) is 10.6. The van der Waals surface area contributed by atoms with Crippen LogP contribution in [-0.2, 0) is 0 Å². The predicted octanol–water partition coefficient (Wildman–Crippen LogP) is 3.79. The van der Waals surface area contributed by atoms with E-state index in [1.807, 2.05) is 12.1 Å². The van der Waals surface area contributed by atoms with Crippen molar-refractivity contribution in [3.8, 4) is 0 Å². The molecule has 2 heteroatoms. The van der Waals surface area contributed by atoms with Crippen molar-refractivity contribution in [1.29, 1.82) is 0 Å². The first-order valence-corrected chi connectivity index (χ1v) is 5.52. The second-order valence-corrected chi connectivity index (χ2v) is 4.19. The van der Waals surface area contributed by atoms with Gasteiger partial charge < -0.3 is 5.32 Å². The molecule has 1 rings (SSSR count). The first-order chi connectivity index (χ1) is 6.63. The topological polar surface area (TPSA) is 12.0 Å². The molecule has 0 aliphatic rings. The summed E-state index contributed by atoms with van der Waals surface area (Å²) in [5.74, 6) is 0. The molecule has 0 aliphatic carbocycles. The molecule has 1 nitrogen and oxygen atoms in total. The van der Waals surface area contributed by atoms with Gasteiger partial charge in [0, 0.05) is 17.1 Å². The average Bonchev–Trinajstić information content (AvgIpc) is 2.18. The van der Waals surface area contributed by atoms with E-state index >= 15 is 0 Å². The zero-order valence-corrected chi connectivity index (χ0v) is 9.81. The fourth-order valence-corrected chi connectivity index (χ4v) is 1.52. The van der Waals surface area contributed by atoms with Crippen LogP contribution in [-0.4, -0.2) is 6.04 Å². The molecule has 1 N–H and O–H groups in total. The molecule has 0 saturated heterocycles.